The highest BCUT2D eigenvalue weighted by atomic mass is 32.1. The number of hydrogen-bond donors (Lipinski definition) is 2. The Hall–Kier alpha value is -2.13. The van der Waals surface area contributed by atoms with Gasteiger partial charge in [-0.15, -0.1) is 0 Å². The fourth-order valence-corrected chi connectivity index (χ4v) is 1.84. The summed E-state index contributed by atoms with van der Waals surface area (Å²) in [6.07, 6.45) is 4.06. The van der Waals surface area contributed by atoms with Gasteiger partial charge in [-0.05, 0) is 25.7 Å². The van der Waals surface area contributed by atoms with Crippen LogP contribution in [0.15, 0.2) is 12.5 Å². The van der Waals surface area contributed by atoms with Crippen LogP contribution in [-0.4, -0.2) is 28.3 Å². The summed E-state index contributed by atoms with van der Waals surface area (Å²) in [7, 11) is 1.85. The van der Waals surface area contributed by atoms with E-state index in [1.165, 1.54) is 6.92 Å². The molecule has 0 aliphatic heterocycles. The molecule has 0 aliphatic carbocycles. The number of aromatic amines is 1. The van der Waals surface area contributed by atoms with Crippen molar-refractivity contribution in [3.8, 4) is 11.8 Å². The predicted molar refractivity (Wildman–Crippen MR) is 72.7 cm³/mol. The van der Waals surface area contributed by atoms with Crippen LogP contribution in [0.25, 0.3) is 0 Å². The number of thiazole rings is 1. The van der Waals surface area contributed by atoms with Crippen molar-refractivity contribution < 1.29 is 4.79 Å². The molecule has 0 aliphatic rings. The van der Waals surface area contributed by atoms with Crippen LogP contribution in [0.4, 0.5) is 5.13 Å². The molecule has 2 N–H and O–H groups in total. The fourth-order valence-electron chi connectivity index (χ4n) is 1.07. The zero-order chi connectivity index (χ0) is 13.4. The molecular weight excluding hydrogens is 248 g/mol. The van der Waals surface area contributed by atoms with Crippen LogP contribution in [0.3, 0.4) is 0 Å². The number of imidazole rings is 1. The van der Waals surface area contributed by atoms with E-state index < -0.39 is 0 Å². The molecule has 0 amide bonds. The van der Waals surface area contributed by atoms with Crippen molar-refractivity contribution in [2.75, 3.05) is 12.4 Å². The van der Waals surface area contributed by atoms with E-state index in [2.05, 4.69) is 32.1 Å². The number of hydrogen-bond acceptors (Lipinski definition) is 5. The average Bonchev–Trinajstić information content (AvgIpc) is 2.97. The molecule has 0 atom stereocenters. The van der Waals surface area contributed by atoms with Crippen molar-refractivity contribution in [2.24, 2.45) is 0 Å². The molecule has 94 valence electrons. The minimum absolute atomic E-state index is 0.750. The Bertz CT molecular complexity index is 548. The topological polar surface area (TPSA) is 70.7 Å². The zero-order valence-electron chi connectivity index (χ0n) is 10.4. The summed E-state index contributed by atoms with van der Waals surface area (Å²) in [6, 6.07) is 0. The third-order valence-corrected chi connectivity index (χ3v) is 2.91. The molecule has 0 radical (unpaired) electrons. The van der Waals surface area contributed by atoms with Gasteiger partial charge in [-0.3, -0.25) is 0 Å². The lowest BCUT2D eigenvalue weighted by atomic mass is 10.4. The van der Waals surface area contributed by atoms with Gasteiger partial charge in [-0.1, -0.05) is 11.3 Å². The molecular formula is C12H14N4OS. The van der Waals surface area contributed by atoms with Crippen molar-refractivity contribution in [3.63, 3.8) is 0 Å². The lowest BCUT2D eigenvalue weighted by Gasteiger charge is -1.85. The van der Waals surface area contributed by atoms with Crippen LogP contribution in [0.2, 0.25) is 0 Å². The first-order valence-electron chi connectivity index (χ1n) is 5.26. The van der Waals surface area contributed by atoms with Gasteiger partial charge in [0.2, 0.25) is 0 Å². The summed E-state index contributed by atoms with van der Waals surface area (Å²) in [4.78, 5) is 20.9. The Balaban J connectivity index is 0.000000492. The number of aromatic nitrogens is 3. The number of H-pyrrole nitrogens is 1. The highest BCUT2D eigenvalue weighted by Crippen LogP contribution is 2.20. The molecule has 2 aromatic rings. The van der Waals surface area contributed by atoms with E-state index in [0.29, 0.717) is 0 Å². The predicted octanol–water partition coefficient (Wildman–Crippen LogP) is 1.82. The lowest BCUT2D eigenvalue weighted by Crippen LogP contribution is -1.84. The number of aryl methyl sites for hydroxylation is 1. The normalized spacial score (nSPS) is 8.61. The highest BCUT2D eigenvalue weighted by Gasteiger charge is 2.02. The number of aldehydes is 1. The summed E-state index contributed by atoms with van der Waals surface area (Å²) < 4.78 is 0. The van der Waals surface area contributed by atoms with Crippen molar-refractivity contribution in [1.29, 1.82) is 0 Å². The van der Waals surface area contributed by atoms with Gasteiger partial charge in [0.05, 0.1) is 18.2 Å². The molecule has 0 saturated carbocycles. The Morgan fingerprint density at radius 1 is 1.50 bits per heavy atom. The maximum atomic E-state index is 8.81. The molecule has 2 aromatic heterocycles. The van der Waals surface area contributed by atoms with Gasteiger partial charge >= 0.3 is 0 Å². The number of carbonyl (C=O) groups is 1. The summed E-state index contributed by atoms with van der Waals surface area (Å²) in [6.45, 7) is 3.40. The molecule has 5 nitrogen and oxygen atoms in total. The SMILES string of the molecule is CC=O.CNc1nc(C)c(C#Cc2cnc[nH]2)s1. The molecule has 0 aromatic carbocycles. The van der Waals surface area contributed by atoms with E-state index in [4.69, 9.17) is 4.79 Å². The molecule has 2 rings (SSSR count). The second kappa shape index (κ2) is 7.25. The number of nitrogens with zero attached hydrogens (tertiary/aromatic N) is 2. The second-order valence-electron chi connectivity index (χ2n) is 3.13. The first kappa shape index (κ1) is 13.9. The monoisotopic (exact) mass is 262 g/mol. The van der Waals surface area contributed by atoms with E-state index >= 15 is 0 Å². The van der Waals surface area contributed by atoms with E-state index in [-0.39, 0.29) is 0 Å². The minimum Gasteiger partial charge on any atom is -0.365 e. The van der Waals surface area contributed by atoms with Gasteiger partial charge in [0.25, 0.3) is 0 Å². The molecule has 0 bridgehead atoms. The molecule has 18 heavy (non-hydrogen) atoms. The summed E-state index contributed by atoms with van der Waals surface area (Å²) in [5.41, 5.74) is 1.77. The van der Waals surface area contributed by atoms with Crippen molar-refractivity contribution in [2.45, 2.75) is 13.8 Å². The van der Waals surface area contributed by atoms with E-state index in [0.717, 1.165) is 27.7 Å². The van der Waals surface area contributed by atoms with Crippen LogP contribution in [0.1, 0.15) is 23.2 Å². The maximum Gasteiger partial charge on any atom is 0.183 e. The second-order valence-corrected chi connectivity index (χ2v) is 4.13. The van der Waals surface area contributed by atoms with Gasteiger partial charge in [0.1, 0.15) is 16.9 Å². The van der Waals surface area contributed by atoms with Crippen molar-refractivity contribution in [1.82, 2.24) is 15.0 Å². The lowest BCUT2D eigenvalue weighted by molar-refractivity contribution is -0.106. The largest absolute Gasteiger partial charge is 0.365 e. The van der Waals surface area contributed by atoms with Gasteiger partial charge in [-0.25, -0.2) is 9.97 Å². The van der Waals surface area contributed by atoms with Crippen LogP contribution >= 0.6 is 11.3 Å². The number of nitrogens with one attached hydrogen (secondary N) is 2. The highest BCUT2D eigenvalue weighted by molar-refractivity contribution is 7.16. The summed E-state index contributed by atoms with van der Waals surface area (Å²) >= 11 is 1.55. The molecule has 2 heterocycles. The van der Waals surface area contributed by atoms with Gasteiger partial charge in [0, 0.05) is 7.05 Å². The van der Waals surface area contributed by atoms with E-state index in [1.807, 2.05) is 14.0 Å². The Labute approximate surface area is 110 Å². The van der Waals surface area contributed by atoms with Crippen molar-refractivity contribution in [3.05, 3.63) is 28.8 Å². The van der Waals surface area contributed by atoms with Crippen LogP contribution in [0, 0.1) is 18.8 Å². The minimum atomic E-state index is 0.750. The number of carbonyl (C=O) groups excluding carboxylic acids is 1. The molecule has 0 spiro atoms. The maximum absolute atomic E-state index is 8.81. The quantitative estimate of drug-likeness (QED) is 0.607. The number of anilines is 1. The standard InChI is InChI=1S/C10H10N4S.C2H4O/c1-7-9(15-10(11-2)14-7)4-3-8-5-12-6-13-8;1-2-3/h5-6H,1-2H3,(H,11,14)(H,12,13);2H,1H3. The molecule has 0 fully saturated rings. The zero-order valence-corrected chi connectivity index (χ0v) is 11.3. The van der Waals surface area contributed by atoms with Gasteiger partial charge in [-0.2, -0.15) is 0 Å². The number of rotatable bonds is 1. The first-order chi connectivity index (χ1) is 8.71. The third-order valence-electron chi connectivity index (χ3n) is 1.82. The Kier molecular flexibility index (Phi) is 5.61. The van der Waals surface area contributed by atoms with Crippen LogP contribution < -0.4 is 5.32 Å². The van der Waals surface area contributed by atoms with Crippen molar-refractivity contribution >= 4 is 22.8 Å². The van der Waals surface area contributed by atoms with E-state index in [1.54, 1.807) is 23.9 Å². The van der Waals surface area contributed by atoms with Crippen LogP contribution in [-0.2, 0) is 4.79 Å². The average molecular weight is 262 g/mol. The third kappa shape index (κ3) is 4.03. The smallest absolute Gasteiger partial charge is 0.183 e. The fraction of sp³-hybridized carbons (Fsp3) is 0.250. The Morgan fingerprint density at radius 3 is 2.72 bits per heavy atom. The molecule has 0 saturated heterocycles. The Morgan fingerprint density at radius 2 is 2.22 bits per heavy atom. The first-order valence-corrected chi connectivity index (χ1v) is 6.08. The molecule has 0 unspecified atom stereocenters. The van der Waals surface area contributed by atoms with Gasteiger partial charge in [0.15, 0.2) is 5.13 Å². The van der Waals surface area contributed by atoms with Gasteiger partial charge < -0.3 is 15.1 Å². The summed E-state index contributed by atoms with van der Waals surface area (Å²) in [5.74, 6) is 6.06. The molecule has 6 heteroatoms. The summed E-state index contributed by atoms with van der Waals surface area (Å²) in [5, 5.41) is 3.89. The van der Waals surface area contributed by atoms with E-state index in [9.17, 15) is 0 Å². The van der Waals surface area contributed by atoms with Crippen LogP contribution in [0.5, 0.6) is 0 Å².